The van der Waals surface area contributed by atoms with Crippen LogP contribution in [-0.2, 0) is 9.47 Å². The van der Waals surface area contributed by atoms with Crippen molar-refractivity contribution in [2.45, 2.75) is 6.29 Å². The van der Waals surface area contributed by atoms with Crippen molar-refractivity contribution in [3.63, 3.8) is 0 Å². The topological polar surface area (TPSA) is 75.1 Å². The number of aliphatic hydroxyl groups is 2. The standard InChI is InChI=1S/C12H18N2O4/c15-5-3-14(4-6-16)10-1-2-13-11(9-10)12-17-7-8-18-12/h1-2,9,12,15-16H,3-8H2. The average Bonchev–Trinajstić information content (AvgIpc) is 2.93. The Kier molecular flexibility index (Phi) is 4.89. The van der Waals surface area contributed by atoms with Gasteiger partial charge >= 0.3 is 0 Å². The molecule has 0 spiro atoms. The predicted octanol–water partition coefficient (Wildman–Crippen LogP) is -0.0820. The van der Waals surface area contributed by atoms with Crippen LogP contribution in [0.5, 0.6) is 0 Å². The highest BCUT2D eigenvalue weighted by Crippen LogP contribution is 2.24. The van der Waals surface area contributed by atoms with Crippen LogP contribution in [0.2, 0.25) is 0 Å². The van der Waals surface area contributed by atoms with E-state index in [4.69, 9.17) is 19.7 Å². The van der Waals surface area contributed by atoms with E-state index in [1.807, 2.05) is 17.0 Å². The lowest BCUT2D eigenvalue weighted by atomic mass is 10.2. The first-order valence-electron chi connectivity index (χ1n) is 6.01. The Balaban J connectivity index is 2.13. The van der Waals surface area contributed by atoms with Crippen LogP contribution < -0.4 is 4.90 Å². The Hall–Kier alpha value is -1.21. The van der Waals surface area contributed by atoms with E-state index in [1.165, 1.54) is 0 Å². The largest absolute Gasteiger partial charge is 0.395 e. The summed E-state index contributed by atoms with van der Waals surface area (Å²) in [5, 5.41) is 18.0. The third kappa shape index (κ3) is 3.17. The first kappa shape index (κ1) is 13.2. The monoisotopic (exact) mass is 254 g/mol. The summed E-state index contributed by atoms with van der Waals surface area (Å²) in [6.07, 6.45) is 1.27. The molecule has 18 heavy (non-hydrogen) atoms. The fourth-order valence-corrected chi connectivity index (χ4v) is 1.90. The molecule has 0 atom stereocenters. The number of ether oxygens (including phenoxy) is 2. The molecule has 1 fully saturated rings. The number of aliphatic hydroxyl groups excluding tert-OH is 2. The van der Waals surface area contributed by atoms with Gasteiger partial charge in [-0.05, 0) is 12.1 Å². The molecule has 0 saturated carbocycles. The Bertz CT molecular complexity index is 363. The van der Waals surface area contributed by atoms with E-state index in [9.17, 15) is 0 Å². The van der Waals surface area contributed by atoms with Crippen LogP contribution in [0.25, 0.3) is 0 Å². The summed E-state index contributed by atoms with van der Waals surface area (Å²) in [4.78, 5) is 6.11. The summed E-state index contributed by atoms with van der Waals surface area (Å²) in [6.45, 7) is 2.16. The molecule has 100 valence electrons. The molecule has 0 bridgehead atoms. The van der Waals surface area contributed by atoms with Gasteiger partial charge in [0.1, 0.15) is 0 Å². The van der Waals surface area contributed by atoms with Gasteiger partial charge in [-0.25, -0.2) is 0 Å². The van der Waals surface area contributed by atoms with Gasteiger partial charge in [-0.2, -0.15) is 0 Å². The van der Waals surface area contributed by atoms with Gasteiger partial charge in [0.2, 0.25) is 6.29 Å². The van der Waals surface area contributed by atoms with Crippen molar-refractivity contribution in [2.75, 3.05) is 44.4 Å². The Morgan fingerprint density at radius 3 is 2.50 bits per heavy atom. The summed E-state index contributed by atoms with van der Waals surface area (Å²) in [5.41, 5.74) is 1.60. The van der Waals surface area contributed by atoms with Gasteiger partial charge in [0.25, 0.3) is 0 Å². The number of hydrogen-bond donors (Lipinski definition) is 2. The maximum atomic E-state index is 9.02. The molecular weight excluding hydrogens is 236 g/mol. The van der Waals surface area contributed by atoms with Crippen molar-refractivity contribution in [3.8, 4) is 0 Å². The normalized spacial score (nSPS) is 16.1. The van der Waals surface area contributed by atoms with Crippen molar-refractivity contribution < 1.29 is 19.7 Å². The number of pyridine rings is 1. The van der Waals surface area contributed by atoms with Gasteiger partial charge in [-0.15, -0.1) is 0 Å². The smallest absolute Gasteiger partial charge is 0.201 e. The van der Waals surface area contributed by atoms with Crippen LogP contribution in [0.1, 0.15) is 12.0 Å². The van der Waals surface area contributed by atoms with E-state index < -0.39 is 6.29 Å². The minimum absolute atomic E-state index is 0.0358. The first-order chi connectivity index (χ1) is 8.85. The molecule has 2 rings (SSSR count). The number of hydrogen-bond acceptors (Lipinski definition) is 6. The maximum Gasteiger partial charge on any atom is 0.201 e. The molecule has 6 nitrogen and oxygen atoms in total. The number of rotatable bonds is 6. The van der Waals surface area contributed by atoms with E-state index in [0.717, 1.165) is 5.69 Å². The molecule has 1 saturated heterocycles. The second kappa shape index (κ2) is 6.65. The van der Waals surface area contributed by atoms with E-state index >= 15 is 0 Å². The molecule has 1 aliphatic rings. The number of nitrogens with zero attached hydrogens (tertiary/aromatic N) is 2. The zero-order chi connectivity index (χ0) is 12.8. The van der Waals surface area contributed by atoms with Crippen molar-refractivity contribution in [3.05, 3.63) is 24.0 Å². The molecule has 0 amide bonds. The van der Waals surface area contributed by atoms with E-state index in [2.05, 4.69) is 4.98 Å². The van der Waals surface area contributed by atoms with E-state index in [-0.39, 0.29) is 13.2 Å². The second-order valence-corrected chi connectivity index (χ2v) is 3.95. The molecule has 1 aromatic heterocycles. The molecule has 6 heteroatoms. The van der Waals surface area contributed by atoms with Crippen molar-refractivity contribution >= 4 is 5.69 Å². The molecule has 0 aliphatic carbocycles. The van der Waals surface area contributed by atoms with Crippen LogP contribution in [0.4, 0.5) is 5.69 Å². The lowest BCUT2D eigenvalue weighted by molar-refractivity contribution is -0.0472. The fourth-order valence-electron chi connectivity index (χ4n) is 1.90. The number of aromatic nitrogens is 1. The summed E-state index contributed by atoms with van der Waals surface area (Å²) in [5.74, 6) is 0. The predicted molar refractivity (Wildman–Crippen MR) is 65.3 cm³/mol. The van der Waals surface area contributed by atoms with Gasteiger partial charge in [0.15, 0.2) is 0 Å². The van der Waals surface area contributed by atoms with Crippen LogP contribution in [0.15, 0.2) is 18.3 Å². The molecule has 0 radical (unpaired) electrons. The van der Waals surface area contributed by atoms with E-state index in [1.54, 1.807) is 6.20 Å². The molecule has 1 aliphatic heterocycles. The minimum Gasteiger partial charge on any atom is -0.395 e. The first-order valence-corrected chi connectivity index (χ1v) is 6.01. The number of anilines is 1. The summed E-state index contributed by atoms with van der Waals surface area (Å²) in [6, 6.07) is 3.70. The molecular formula is C12H18N2O4. The quantitative estimate of drug-likeness (QED) is 0.739. The maximum absolute atomic E-state index is 9.02. The third-order valence-corrected chi connectivity index (χ3v) is 2.73. The van der Waals surface area contributed by atoms with Crippen LogP contribution in [0.3, 0.4) is 0 Å². The van der Waals surface area contributed by atoms with Gasteiger partial charge in [0.05, 0.1) is 32.1 Å². The summed E-state index contributed by atoms with van der Waals surface area (Å²) in [7, 11) is 0. The summed E-state index contributed by atoms with van der Waals surface area (Å²) < 4.78 is 10.8. The highest BCUT2D eigenvalue weighted by atomic mass is 16.7. The van der Waals surface area contributed by atoms with Crippen LogP contribution >= 0.6 is 0 Å². The zero-order valence-corrected chi connectivity index (χ0v) is 10.2. The average molecular weight is 254 g/mol. The Labute approximate surface area is 106 Å². The van der Waals surface area contributed by atoms with Crippen molar-refractivity contribution in [2.24, 2.45) is 0 Å². The van der Waals surface area contributed by atoms with Crippen molar-refractivity contribution in [1.82, 2.24) is 4.98 Å². The van der Waals surface area contributed by atoms with E-state index in [0.29, 0.717) is 32.0 Å². The molecule has 2 N–H and O–H groups in total. The van der Waals surface area contributed by atoms with Crippen molar-refractivity contribution in [1.29, 1.82) is 0 Å². The molecule has 2 heterocycles. The van der Waals surface area contributed by atoms with Gasteiger partial charge in [-0.3, -0.25) is 4.98 Å². The highest BCUT2D eigenvalue weighted by Gasteiger charge is 2.20. The molecule has 0 aromatic carbocycles. The third-order valence-electron chi connectivity index (χ3n) is 2.73. The minimum atomic E-state index is -0.407. The Morgan fingerprint density at radius 2 is 1.89 bits per heavy atom. The van der Waals surface area contributed by atoms with Gasteiger partial charge in [-0.1, -0.05) is 0 Å². The fraction of sp³-hybridized carbons (Fsp3) is 0.583. The van der Waals surface area contributed by atoms with Gasteiger partial charge < -0.3 is 24.6 Å². The van der Waals surface area contributed by atoms with Gasteiger partial charge in [0, 0.05) is 25.0 Å². The summed E-state index contributed by atoms with van der Waals surface area (Å²) >= 11 is 0. The van der Waals surface area contributed by atoms with Crippen LogP contribution in [-0.4, -0.2) is 54.7 Å². The lowest BCUT2D eigenvalue weighted by Crippen LogP contribution is -2.29. The Morgan fingerprint density at radius 1 is 1.22 bits per heavy atom. The zero-order valence-electron chi connectivity index (χ0n) is 10.2. The molecule has 0 unspecified atom stereocenters. The van der Waals surface area contributed by atoms with Crippen LogP contribution in [0, 0.1) is 0 Å². The SMILES string of the molecule is OCCN(CCO)c1ccnc(C2OCCO2)c1. The lowest BCUT2D eigenvalue weighted by Gasteiger charge is -2.23. The second-order valence-electron chi connectivity index (χ2n) is 3.95. The highest BCUT2D eigenvalue weighted by molar-refractivity contribution is 5.46. The molecule has 1 aromatic rings.